The summed E-state index contributed by atoms with van der Waals surface area (Å²) in [6.07, 6.45) is 2.18. The summed E-state index contributed by atoms with van der Waals surface area (Å²) in [6, 6.07) is 3.65. The zero-order chi connectivity index (χ0) is 15.8. The maximum atomic E-state index is 12.2. The number of hydrogen-bond donors (Lipinski definition) is 1. The number of carboxylic acid groups (broad SMARTS) is 1. The van der Waals surface area contributed by atoms with Crippen molar-refractivity contribution < 1.29 is 14.7 Å². The molecule has 0 aliphatic rings. The van der Waals surface area contributed by atoms with Crippen LogP contribution in [0.25, 0.3) is 5.65 Å². The van der Waals surface area contributed by atoms with Gasteiger partial charge >= 0.3 is 6.09 Å². The maximum Gasteiger partial charge on any atom is 0.420 e. The number of carbonyl (C=O) groups excluding carboxylic acids is 1. The summed E-state index contributed by atoms with van der Waals surface area (Å²) < 4.78 is 2.70. The van der Waals surface area contributed by atoms with Gasteiger partial charge in [-0.1, -0.05) is 20.8 Å². The van der Waals surface area contributed by atoms with E-state index in [-0.39, 0.29) is 17.7 Å². The molecule has 0 radical (unpaired) electrons. The Labute approximate surface area is 135 Å². The molecule has 7 heteroatoms. The van der Waals surface area contributed by atoms with E-state index in [1.807, 2.05) is 33.0 Å². The van der Waals surface area contributed by atoms with Crippen LogP contribution in [0.2, 0.25) is 0 Å². The van der Waals surface area contributed by atoms with Gasteiger partial charge in [0.2, 0.25) is 5.91 Å². The van der Waals surface area contributed by atoms with Crippen molar-refractivity contribution in [1.82, 2.24) is 9.38 Å². The number of amides is 2. The summed E-state index contributed by atoms with van der Waals surface area (Å²) in [7, 11) is 0. The molecule has 2 heterocycles. The number of anilines is 1. The second kappa shape index (κ2) is 5.63. The van der Waals surface area contributed by atoms with Crippen molar-refractivity contribution in [2.45, 2.75) is 27.2 Å². The van der Waals surface area contributed by atoms with E-state index in [2.05, 4.69) is 27.6 Å². The number of pyridine rings is 1. The quantitative estimate of drug-likeness (QED) is 0.783. The third kappa shape index (κ3) is 3.72. The minimum absolute atomic E-state index is 0.124. The lowest BCUT2D eigenvalue weighted by Gasteiger charge is -2.21. The third-order valence-electron chi connectivity index (χ3n) is 2.75. The second-order valence-corrected chi connectivity index (χ2v) is 7.21. The summed E-state index contributed by atoms with van der Waals surface area (Å²) in [5.41, 5.74) is 0.305. The van der Waals surface area contributed by atoms with Crippen LogP contribution >= 0.6 is 22.6 Å². The number of halogens is 1. The molecule has 2 amide bonds. The molecular formula is C14H16IN3O3. The lowest BCUT2D eigenvalue weighted by Crippen LogP contribution is -2.38. The number of rotatable bonds is 2. The largest absolute Gasteiger partial charge is 0.464 e. The predicted molar refractivity (Wildman–Crippen MR) is 87.5 cm³/mol. The Morgan fingerprint density at radius 3 is 2.57 bits per heavy atom. The van der Waals surface area contributed by atoms with E-state index < -0.39 is 12.0 Å². The van der Waals surface area contributed by atoms with E-state index in [1.54, 1.807) is 16.7 Å². The Kier molecular flexibility index (Phi) is 4.22. The Morgan fingerprint density at radius 1 is 1.33 bits per heavy atom. The molecule has 0 aliphatic carbocycles. The monoisotopic (exact) mass is 401 g/mol. The fourth-order valence-electron chi connectivity index (χ4n) is 1.92. The highest BCUT2D eigenvalue weighted by Crippen LogP contribution is 2.23. The molecule has 0 aromatic carbocycles. The van der Waals surface area contributed by atoms with Crippen molar-refractivity contribution >= 4 is 46.1 Å². The number of fused-ring (bicyclic) bond motifs is 1. The minimum Gasteiger partial charge on any atom is -0.464 e. The van der Waals surface area contributed by atoms with Gasteiger partial charge < -0.3 is 9.51 Å². The van der Waals surface area contributed by atoms with Gasteiger partial charge in [0.15, 0.2) is 5.82 Å². The van der Waals surface area contributed by atoms with Gasteiger partial charge in [-0.05, 0) is 40.1 Å². The van der Waals surface area contributed by atoms with Crippen LogP contribution in [0.3, 0.4) is 0 Å². The summed E-state index contributed by atoms with van der Waals surface area (Å²) in [5.74, 6) is -0.355. The predicted octanol–water partition coefficient (Wildman–Crippen LogP) is 3.39. The van der Waals surface area contributed by atoms with Crippen molar-refractivity contribution in [3.63, 3.8) is 0 Å². The van der Waals surface area contributed by atoms with E-state index in [0.717, 1.165) is 3.57 Å². The smallest absolute Gasteiger partial charge is 0.420 e. The van der Waals surface area contributed by atoms with Gasteiger partial charge in [0, 0.05) is 16.2 Å². The fourth-order valence-corrected chi connectivity index (χ4v) is 2.40. The van der Waals surface area contributed by atoms with Gasteiger partial charge in [-0.3, -0.25) is 4.79 Å². The molecule has 2 aromatic heterocycles. The van der Waals surface area contributed by atoms with E-state index in [1.165, 1.54) is 0 Å². The van der Waals surface area contributed by atoms with Crippen molar-refractivity contribution in [2.75, 3.05) is 4.90 Å². The summed E-state index contributed by atoms with van der Waals surface area (Å²) in [6.45, 7) is 5.66. The lowest BCUT2D eigenvalue weighted by molar-refractivity contribution is -0.119. The Hall–Kier alpha value is -1.64. The van der Waals surface area contributed by atoms with Gasteiger partial charge in [0.05, 0.1) is 6.20 Å². The standard InChI is InChI=1S/C14H16IN3O3/c1-14(2,3)6-12(19)18(13(20)21)11-8-17-7-9(15)4-5-10(17)16-11/h4-5,7-8H,6H2,1-3H3,(H,20,21). The van der Waals surface area contributed by atoms with E-state index >= 15 is 0 Å². The molecule has 21 heavy (non-hydrogen) atoms. The number of aromatic nitrogens is 2. The highest BCUT2D eigenvalue weighted by atomic mass is 127. The first-order valence-corrected chi connectivity index (χ1v) is 7.45. The first-order chi connectivity index (χ1) is 9.67. The van der Waals surface area contributed by atoms with Crippen molar-refractivity contribution in [3.05, 3.63) is 28.1 Å². The van der Waals surface area contributed by atoms with Crippen LogP contribution in [0.15, 0.2) is 24.5 Å². The van der Waals surface area contributed by atoms with Gasteiger partial charge in [-0.15, -0.1) is 0 Å². The Morgan fingerprint density at radius 2 is 2.00 bits per heavy atom. The van der Waals surface area contributed by atoms with E-state index in [9.17, 15) is 14.7 Å². The third-order valence-corrected chi connectivity index (χ3v) is 3.39. The van der Waals surface area contributed by atoms with Crippen LogP contribution in [0.5, 0.6) is 0 Å². The van der Waals surface area contributed by atoms with Crippen molar-refractivity contribution in [1.29, 1.82) is 0 Å². The molecule has 6 nitrogen and oxygen atoms in total. The zero-order valence-electron chi connectivity index (χ0n) is 12.0. The molecule has 0 saturated heterocycles. The highest BCUT2D eigenvalue weighted by Gasteiger charge is 2.28. The van der Waals surface area contributed by atoms with Crippen molar-refractivity contribution in [3.8, 4) is 0 Å². The number of imidazole rings is 1. The maximum absolute atomic E-state index is 12.2. The number of nitrogens with zero attached hydrogens (tertiary/aromatic N) is 3. The SMILES string of the molecule is CC(C)(C)CC(=O)N(C(=O)O)c1cn2cc(I)ccc2n1. The topological polar surface area (TPSA) is 74.9 Å². The lowest BCUT2D eigenvalue weighted by atomic mass is 9.92. The van der Waals surface area contributed by atoms with Gasteiger partial charge in [0.1, 0.15) is 5.65 Å². The van der Waals surface area contributed by atoms with Crippen LogP contribution in [0, 0.1) is 8.99 Å². The molecule has 0 saturated carbocycles. The van der Waals surface area contributed by atoms with Crippen molar-refractivity contribution in [2.24, 2.45) is 5.41 Å². The van der Waals surface area contributed by atoms with Crippen LogP contribution in [0.4, 0.5) is 10.6 Å². The van der Waals surface area contributed by atoms with Crippen LogP contribution in [-0.4, -0.2) is 26.5 Å². The zero-order valence-corrected chi connectivity index (χ0v) is 14.2. The Bertz CT molecular complexity index is 703. The van der Waals surface area contributed by atoms with Gasteiger partial charge in [0.25, 0.3) is 0 Å². The van der Waals surface area contributed by atoms with Gasteiger partial charge in [-0.2, -0.15) is 4.90 Å². The molecule has 1 N–H and O–H groups in total. The first kappa shape index (κ1) is 15.7. The molecule has 0 unspecified atom stereocenters. The first-order valence-electron chi connectivity index (χ1n) is 6.37. The molecule has 0 bridgehead atoms. The van der Waals surface area contributed by atoms with Crippen LogP contribution in [-0.2, 0) is 4.79 Å². The molecule has 112 valence electrons. The molecule has 0 atom stereocenters. The minimum atomic E-state index is -1.32. The summed E-state index contributed by atoms with van der Waals surface area (Å²) in [5, 5.41) is 9.33. The number of carbonyl (C=O) groups is 2. The average molecular weight is 401 g/mol. The Balaban J connectivity index is 2.41. The molecule has 2 rings (SSSR count). The number of hydrogen-bond acceptors (Lipinski definition) is 3. The van der Waals surface area contributed by atoms with Gasteiger partial charge in [-0.25, -0.2) is 9.78 Å². The second-order valence-electron chi connectivity index (χ2n) is 5.96. The van der Waals surface area contributed by atoms with Crippen LogP contribution in [0.1, 0.15) is 27.2 Å². The average Bonchev–Trinajstić information content (AvgIpc) is 2.67. The van der Waals surface area contributed by atoms with E-state index in [0.29, 0.717) is 10.5 Å². The van der Waals surface area contributed by atoms with E-state index in [4.69, 9.17) is 0 Å². The normalized spacial score (nSPS) is 11.6. The molecular weight excluding hydrogens is 385 g/mol. The molecule has 2 aromatic rings. The van der Waals surface area contributed by atoms with Crippen LogP contribution < -0.4 is 4.90 Å². The fraction of sp³-hybridized carbons (Fsp3) is 0.357. The number of imide groups is 1. The summed E-state index contributed by atoms with van der Waals surface area (Å²) >= 11 is 2.15. The molecule has 0 fully saturated rings. The highest BCUT2D eigenvalue weighted by molar-refractivity contribution is 14.1. The molecule has 0 aliphatic heterocycles. The summed E-state index contributed by atoms with van der Waals surface area (Å²) in [4.78, 5) is 28.6. The molecule has 0 spiro atoms.